The van der Waals surface area contributed by atoms with E-state index in [0.29, 0.717) is 12.5 Å². The molecule has 1 aliphatic rings. The van der Waals surface area contributed by atoms with E-state index in [0.717, 1.165) is 12.2 Å². The fourth-order valence-electron chi connectivity index (χ4n) is 2.73. The zero-order valence-electron chi connectivity index (χ0n) is 12.5. The molecule has 3 nitrogen and oxygen atoms in total. The van der Waals surface area contributed by atoms with Gasteiger partial charge in [-0.15, -0.1) is 0 Å². The lowest BCUT2D eigenvalue weighted by Crippen LogP contribution is -2.31. The zero-order chi connectivity index (χ0) is 14.2. The molecule has 0 aliphatic heterocycles. The molecule has 110 valence electrons. The molecule has 1 saturated carbocycles. The second-order valence-electron chi connectivity index (χ2n) is 5.81. The summed E-state index contributed by atoms with van der Waals surface area (Å²) >= 11 is 0. The Balaban J connectivity index is 1.65. The minimum Gasteiger partial charge on any atom is -0.326 e. The van der Waals surface area contributed by atoms with Crippen molar-refractivity contribution in [2.24, 2.45) is 0 Å². The number of hydrogen-bond donors (Lipinski definition) is 2. The van der Waals surface area contributed by atoms with Crippen molar-refractivity contribution >= 4 is 11.6 Å². The highest BCUT2D eigenvalue weighted by Crippen LogP contribution is 2.17. The number of amides is 1. The van der Waals surface area contributed by atoms with E-state index in [4.69, 9.17) is 0 Å². The van der Waals surface area contributed by atoms with Crippen LogP contribution in [0.5, 0.6) is 0 Å². The SMILES string of the molecule is Cc1ccc(NC(=O)CCNC2CCCCCC2)cc1. The molecular formula is C17H26N2O. The molecule has 2 N–H and O–H groups in total. The summed E-state index contributed by atoms with van der Waals surface area (Å²) in [4.78, 5) is 11.9. The highest BCUT2D eigenvalue weighted by Gasteiger charge is 2.11. The molecule has 1 aromatic carbocycles. The molecule has 0 unspecified atom stereocenters. The second-order valence-corrected chi connectivity index (χ2v) is 5.81. The number of carbonyl (C=O) groups is 1. The van der Waals surface area contributed by atoms with Crippen LogP contribution in [0.25, 0.3) is 0 Å². The molecule has 1 fully saturated rings. The summed E-state index contributed by atoms with van der Waals surface area (Å²) in [5.74, 6) is 0.0926. The maximum absolute atomic E-state index is 11.9. The highest BCUT2D eigenvalue weighted by molar-refractivity contribution is 5.90. The Hall–Kier alpha value is -1.35. The van der Waals surface area contributed by atoms with Gasteiger partial charge in [-0.2, -0.15) is 0 Å². The van der Waals surface area contributed by atoms with Crippen molar-refractivity contribution in [3.63, 3.8) is 0 Å². The molecule has 0 spiro atoms. The van der Waals surface area contributed by atoms with Gasteiger partial charge in [0.05, 0.1) is 0 Å². The number of benzene rings is 1. The average Bonchev–Trinajstić information content (AvgIpc) is 2.70. The third kappa shape index (κ3) is 5.33. The Morgan fingerprint density at radius 3 is 2.40 bits per heavy atom. The standard InChI is InChI=1S/C17H26N2O/c1-14-8-10-16(11-9-14)19-17(20)12-13-18-15-6-4-2-3-5-7-15/h8-11,15,18H,2-7,12-13H2,1H3,(H,19,20). The second kappa shape index (κ2) is 8.05. The lowest BCUT2D eigenvalue weighted by Gasteiger charge is -2.15. The van der Waals surface area contributed by atoms with E-state index in [1.54, 1.807) is 0 Å². The summed E-state index contributed by atoms with van der Waals surface area (Å²) in [7, 11) is 0. The molecule has 20 heavy (non-hydrogen) atoms. The van der Waals surface area contributed by atoms with Crippen LogP contribution in [0.3, 0.4) is 0 Å². The molecule has 2 rings (SSSR count). The Labute approximate surface area is 122 Å². The van der Waals surface area contributed by atoms with E-state index in [1.165, 1.54) is 44.1 Å². The monoisotopic (exact) mass is 274 g/mol. The van der Waals surface area contributed by atoms with Gasteiger partial charge in [0.2, 0.25) is 5.91 Å². The molecular weight excluding hydrogens is 248 g/mol. The zero-order valence-corrected chi connectivity index (χ0v) is 12.5. The fourth-order valence-corrected chi connectivity index (χ4v) is 2.73. The quantitative estimate of drug-likeness (QED) is 0.805. The number of anilines is 1. The molecule has 0 bridgehead atoms. The van der Waals surface area contributed by atoms with Crippen LogP contribution < -0.4 is 10.6 Å². The largest absolute Gasteiger partial charge is 0.326 e. The van der Waals surface area contributed by atoms with Gasteiger partial charge in [-0.1, -0.05) is 43.4 Å². The minimum atomic E-state index is 0.0926. The molecule has 0 radical (unpaired) electrons. The first-order valence-electron chi connectivity index (χ1n) is 7.84. The van der Waals surface area contributed by atoms with Crippen molar-refractivity contribution in [2.75, 3.05) is 11.9 Å². The number of rotatable bonds is 5. The summed E-state index contributed by atoms with van der Waals surface area (Å²) in [6.45, 7) is 2.82. The summed E-state index contributed by atoms with van der Waals surface area (Å²) in [6, 6.07) is 8.54. The van der Waals surface area contributed by atoms with Gasteiger partial charge in [-0.3, -0.25) is 4.79 Å². The topological polar surface area (TPSA) is 41.1 Å². The van der Waals surface area contributed by atoms with Crippen molar-refractivity contribution in [3.05, 3.63) is 29.8 Å². The maximum atomic E-state index is 11.9. The number of aryl methyl sites for hydroxylation is 1. The fraction of sp³-hybridized carbons (Fsp3) is 0.588. The van der Waals surface area contributed by atoms with Gasteiger partial charge in [0, 0.05) is 24.7 Å². The van der Waals surface area contributed by atoms with Gasteiger partial charge in [-0.05, 0) is 31.9 Å². The van der Waals surface area contributed by atoms with E-state index in [1.807, 2.05) is 31.2 Å². The molecule has 1 aliphatic carbocycles. The Morgan fingerprint density at radius 2 is 1.75 bits per heavy atom. The van der Waals surface area contributed by atoms with E-state index >= 15 is 0 Å². The number of carbonyl (C=O) groups excluding carboxylic acids is 1. The van der Waals surface area contributed by atoms with E-state index in [-0.39, 0.29) is 5.91 Å². The van der Waals surface area contributed by atoms with Crippen LogP contribution in [0.2, 0.25) is 0 Å². The van der Waals surface area contributed by atoms with Gasteiger partial charge < -0.3 is 10.6 Å². The molecule has 0 atom stereocenters. The van der Waals surface area contributed by atoms with Crippen LogP contribution in [-0.2, 0) is 4.79 Å². The van der Waals surface area contributed by atoms with E-state index in [2.05, 4.69) is 10.6 Å². The van der Waals surface area contributed by atoms with Gasteiger partial charge in [0.25, 0.3) is 0 Å². The highest BCUT2D eigenvalue weighted by atomic mass is 16.1. The lowest BCUT2D eigenvalue weighted by molar-refractivity contribution is -0.116. The Morgan fingerprint density at radius 1 is 1.10 bits per heavy atom. The van der Waals surface area contributed by atoms with Gasteiger partial charge in [0.15, 0.2) is 0 Å². The predicted molar refractivity (Wildman–Crippen MR) is 83.9 cm³/mol. The summed E-state index contributed by atoms with van der Waals surface area (Å²) < 4.78 is 0. The number of nitrogens with one attached hydrogen (secondary N) is 2. The molecule has 0 aromatic heterocycles. The summed E-state index contributed by atoms with van der Waals surface area (Å²) in [6.07, 6.45) is 8.46. The van der Waals surface area contributed by atoms with Crippen molar-refractivity contribution in [1.29, 1.82) is 0 Å². The summed E-state index contributed by atoms with van der Waals surface area (Å²) in [5.41, 5.74) is 2.09. The van der Waals surface area contributed by atoms with Crippen molar-refractivity contribution in [2.45, 2.75) is 57.9 Å². The molecule has 3 heteroatoms. The van der Waals surface area contributed by atoms with Crippen LogP contribution >= 0.6 is 0 Å². The average molecular weight is 274 g/mol. The van der Waals surface area contributed by atoms with Crippen LogP contribution in [0.4, 0.5) is 5.69 Å². The maximum Gasteiger partial charge on any atom is 0.225 e. The first-order chi connectivity index (χ1) is 9.74. The van der Waals surface area contributed by atoms with Crippen LogP contribution in [-0.4, -0.2) is 18.5 Å². The van der Waals surface area contributed by atoms with Crippen molar-refractivity contribution in [3.8, 4) is 0 Å². The minimum absolute atomic E-state index is 0.0926. The van der Waals surface area contributed by atoms with Crippen molar-refractivity contribution in [1.82, 2.24) is 5.32 Å². The van der Waals surface area contributed by atoms with Crippen LogP contribution in [0.1, 0.15) is 50.5 Å². The summed E-state index contributed by atoms with van der Waals surface area (Å²) in [5, 5.41) is 6.47. The Bertz CT molecular complexity index is 406. The Kier molecular flexibility index (Phi) is 6.06. The first-order valence-corrected chi connectivity index (χ1v) is 7.84. The van der Waals surface area contributed by atoms with Crippen LogP contribution in [0.15, 0.2) is 24.3 Å². The molecule has 1 amide bonds. The van der Waals surface area contributed by atoms with E-state index < -0.39 is 0 Å². The normalized spacial score (nSPS) is 16.6. The van der Waals surface area contributed by atoms with Crippen molar-refractivity contribution < 1.29 is 4.79 Å². The van der Waals surface area contributed by atoms with E-state index in [9.17, 15) is 4.79 Å². The smallest absolute Gasteiger partial charge is 0.225 e. The molecule has 0 heterocycles. The predicted octanol–water partition coefficient (Wildman–Crippen LogP) is 3.64. The third-order valence-corrected chi connectivity index (χ3v) is 3.98. The van der Waals surface area contributed by atoms with Gasteiger partial charge in [0.1, 0.15) is 0 Å². The third-order valence-electron chi connectivity index (χ3n) is 3.98. The van der Waals surface area contributed by atoms with Gasteiger partial charge in [-0.25, -0.2) is 0 Å². The van der Waals surface area contributed by atoms with Crippen LogP contribution in [0, 0.1) is 6.92 Å². The van der Waals surface area contributed by atoms with Gasteiger partial charge >= 0.3 is 0 Å². The molecule has 1 aromatic rings. The molecule has 0 saturated heterocycles. The lowest BCUT2D eigenvalue weighted by atomic mass is 10.1. The number of hydrogen-bond acceptors (Lipinski definition) is 2. The first kappa shape index (κ1) is 15.0.